The van der Waals surface area contributed by atoms with Crippen LogP contribution in [-0.4, -0.2) is 17.8 Å². The van der Waals surface area contributed by atoms with Gasteiger partial charge in [-0.15, -0.1) is 5.10 Å². The van der Waals surface area contributed by atoms with Crippen LogP contribution in [0.25, 0.3) is 0 Å². The van der Waals surface area contributed by atoms with E-state index < -0.39 is 0 Å². The normalized spacial score (nSPS) is 12.4. The van der Waals surface area contributed by atoms with Crippen molar-refractivity contribution in [3.05, 3.63) is 0 Å². The van der Waals surface area contributed by atoms with Crippen LogP contribution >= 0.6 is 0 Å². The number of nitrogens with two attached hydrogens (primary N) is 1. The Kier molecular flexibility index (Phi) is 4.11. The van der Waals surface area contributed by atoms with Gasteiger partial charge in [0.15, 0.2) is 0 Å². The van der Waals surface area contributed by atoms with Crippen LogP contribution in [0.15, 0.2) is 10.2 Å². The Labute approximate surface area is 59.8 Å². The highest BCUT2D eigenvalue weighted by atomic mass is 16.1. The van der Waals surface area contributed by atoms with Gasteiger partial charge in [-0.05, 0) is 13.8 Å². The molecule has 0 heterocycles. The van der Waals surface area contributed by atoms with Gasteiger partial charge in [-0.3, -0.25) is 4.79 Å². The third-order valence-electron chi connectivity index (χ3n) is 0.800. The average Bonchev–Trinajstić information content (AvgIpc) is 1.82. The summed E-state index contributed by atoms with van der Waals surface area (Å²) in [4.78, 5) is 10.5. The molecule has 0 fully saturated rings. The van der Waals surface area contributed by atoms with Gasteiger partial charge in [0.05, 0.1) is 0 Å². The summed E-state index contributed by atoms with van der Waals surface area (Å²) in [6, 6.07) is 0. The lowest BCUT2D eigenvalue weighted by Gasteiger charge is -1.89. The molecule has 0 aliphatic heterocycles. The first-order chi connectivity index (χ1) is 4.66. The van der Waals surface area contributed by atoms with Crippen LogP contribution in [0.2, 0.25) is 0 Å². The lowest BCUT2D eigenvalue weighted by atomic mass is 10.2. The fourth-order valence-electron chi connectivity index (χ4n) is 0.528. The zero-order valence-electron chi connectivity index (χ0n) is 6.16. The van der Waals surface area contributed by atoms with E-state index in [0.717, 1.165) is 6.34 Å². The molecule has 0 spiro atoms. The third kappa shape index (κ3) is 4.96. The molecule has 0 rings (SSSR count). The van der Waals surface area contributed by atoms with E-state index >= 15 is 0 Å². The van der Waals surface area contributed by atoms with Crippen LogP contribution in [-0.2, 0) is 4.79 Å². The molecule has 0 aromatic carbocycles. The van der Waals surface area contributed by atoms with Gasteiger partial charge >= 0.3 is 0 Å². The Hall–Kier alpha value is -1.19. The van der Waals surface area contributed by atoms with Crippen LogP contribution < -0.4 is 5.73 Å². The molecule has 0 aromatic rings. The molecule has 10 heavy (non-hydrogen) atoms. The lowest BCUT2D eigenvalue weighted by molar-refractivity contribution is -0.115. The van der Waals surface area contributed by atoms with Crippen LogP contribution in [0, 0.1) is 0 Å². The first kappa shape index (κ1) is 8.81. The molecule has 0 bridgehead atoms. The highest BCUT2D eigenvalue weighted by Crippen LogP contribution is 1.87. The average molecular weight is 141 g/mol. The zero-order chi connectivity index (χ0) is 7.98. The van der Waals surface area contributed by atoms with E-state index in [1.54, 1.807) is 6.92 Å². The number of hydrogen-bond acceptors (Lipinski definition) is 3. The topological polar surface area (TPSA) is 67.8 Å². The fourth-order valence-corrected chi connectivity index (χ4v) is 0.528. The molecule has 0 atom stereocenters. The monoisotopic (exact) mass is 141 g/mol. The quantitative estimate of drug-likeness (QED) is 0.349. The maximum absolute atomic E-state index is 10.5. The molecule has 4 heteroatoms. The summed E-state index contributed by atoms with van der Waals surface area (Å²) in [7, 11) is 0. The van der Waals surface area contributed by atoms with Crippen LogP contribution in [0.3, 0.4) is 0 Å². The van der Waals surface area contributed by atoms with E-state index in [0.29, 0.717) is 12.1 Å². The molecule has 2 N–H and O–H groups in total. The fraction of sp³-hybridized carbons (Fsp3) is 0.500. The van der Waals surface area contributed by atoms with Gasteiger partial charge in [0.1, 0.15) is 12.1 Å². The maximum Gasteiger partial charge on any atom is 0.135 e. The van der Waals surface area contributed by atoms with E-state index in [2.05, 4.69) is 10.2 Å². The highest BCUT2D eigenvalue weighted by Gasteiger charge is 1.94. The third-order valence-corrected chi connectivity index (χ3v) is 0.800. The summed E-state index contributed by atoms with van der Waals surface area (Å²) in [5, 5.41) is 7.04. The first-order valence-electron chi connectivity index (χ1n) is 2.93. The van der Waals surface area contributed by atoms with Crippen molar-refractivity contribution in [1.29, 1.82) is 0 Å². The molecule has 0 saturated carbocycles. The second kappa shape index (κ2) is 4.67. The van der Waals surface area contributed by atoms with Gasteiger partial charge in [0.2, 0.25) is 0 Å². The maximum atomic E-state index is 10.5. The summed E-state index contributed by atoms with van der Waals surface area (Å²) in [6.45, 7) is 3.24. The SMILES string of the molecule is CC(=O)CC(C)=N/N=C/N. The number of rotatable bonds is 3. The molecule has 4 nitrogen and oxygen atoms in total. The second-order valence-electron chi connectivity index (χ2n) is 1.98. The number of carbonyl (C=O) groups is 1. The molecule has 0 saturated heterocycles. The van der Waals surface area contributed by atoms with Gasteiger partial charge in [0, 0.05) is 12.1 Å². The Bertz CT molecular complexity index is 172. The highest BCUT2D eigenvalue weighted by molar-refractivity contribution is 5.99. The largest absolute Gasteiger partial charge is 0.388 e. The molecule has 0 aliphatic rings. The minimum atomic E-state index is 0.0773. The van der Waals surface area contributed by atoms with E-state index in [1.165, 1.54) is 6.92 Å². The molecule has 0 amide bonds. The van der Waals surface area contributed by atoms with Gasteiger partial charge in [0.25, 0.3) is 0 Å². The van der Waals surface area contributed by atoms with E-state index in [9.17, 15) is 4.79 Å². The molecule has 0 radical (unpaired) electrons. The molecular formula is C6H11N3O. The molecule has 0 unspecified atom stereocenters. The second-order valence-corrected chi connectivity index (χ2v) is 1.98. The van der Waals surface area contributed by atoms with Gasteiger partial charge in [-0.25, -0.2) is 0 Å². The molecule has 0 aromatic heterocycles. The van der Waals surface area contributed by atoms with Gasteiger partial charge < -0.3 is 5.73 Å². The van der Waals surface area contributed by atoms with Crippen molar-refractivity contribution in [2.75, 3.05) is 0 Å². The van der Waals surface area contributed by atoms with Crippen molar-refractivity contribution in [3.63, 3.8) is 0 Å². The standard InChI is InChI=1S/C6H11N3O/c1-5(3-6(2)10)9-8-4-7/h4H,3H2,1-2H3,(H2,7,8). The van der Waals surface area contributed by atoms with Gasteiger partial charge in [-0.2, -0.15) is 5.10 Å². The predicted octanol–water partition coefficient (Wildman–Crippen LogP) is 0.328. The van der Waals surface area contributed by atoms with Crippen molar-refractivity contribution in [1.82, 2.24) is 0 Å². The van der Waals surface area contributed by atoms with Crippen LogP contribution in [0.1, 0.15) is 20.3 Å². The smallest absolute Gasteiger partial charge is 0.135 e. The lowest BCUT2D eigenvalue weighted by Crippen LogP contribution is -1.99. The van der Waals surface area contributed by atoms with Crippen LogP contribution in [0.4, 0.5) is 0 Å². The Morgan fingerprint density at radius 2 is 2.20 bits per heavy atom. The minimum Gasteiger partial charge on any atom is -0.388 e. The van der Waals surface area contributed by atoms with E-state index in [-0.39, 0.29) is 5.78 Å². The predicted molar refractivity (Wildman–Crippen MR) is 41.1 cm³/mol. The summed E-state index contributed by atoms with van der Waals surface area (Å²) < 4.78 is 0. The summed E-state index contributed by atoms with van der Waals surface area (Å²) >= 11 is 0. The van der Waals surface area contributed by atoms with E-state index in [1.807, 2.05) is 0 Å². The number of ketones is 1. The van der Waals surface area contributed by atoms with Crippen molar-refractivity contribution in [2.45, 2.75) is 20.3 Å². The minimum absolute atomic E-state index is 0.0773. The number of hydrogen-bond donors (Lipinski definition) is 1. The molecular weight excluding hydrogens is 130 g/mol. The summed E-state index contributed by atoms with van der Waals surface area (Å²) in [6.07, 6.45) is 1.43. The number of Topliss-reactive ketones (excluding diaryl/α,β-unsaturated/α-hetero) is 1. The van der Waals surface area contributed by atoms with E-state index in [4.69, 9.17) is 5.73 Å². The number of carbonyl (C=O) groups excluding carboxylic acids is 1. The molecule has 0 aliphatic carbocycles. The van der Waals surface area contributed by atoms with Crippen molar-refractivity contribution in [3.8, 4) is 0 Å². The number of nitrogens with zero attached hydrogens (tertiary/aromatic N) is 2. The zero-order valence-corrected chi connectivity index (χ0v) is 6.16. The van der Waals surface area contributed by atoms with Crippen molar-refractivity contribution in [2.24, 2.45) is 15.9 Å². The first-order valence-corrected chi connectivity index (χ1v) is 2.93. The Morgan fingerprint density at radius 1 is 1.60 bits per heavy atom. The van der Waals surface area contributed by atoms with Crippen molar-refractivity contribution >= 4 is 17.8 Å². The van der Waals surface area contributed by atoms with Crippen molar-refractivity contribution < 1.29 is 4.79 Å². The Morgan fingerprint density at radius 3 is 2.60 bits per heavy atom. The van der Waals surface area contributed by atoms with Gasteiger partial charge in [-0.1, -0.05) is 0 Å². The molecule has 56 valence electrons. The van der Waals surface area contributed by atoms with Crippen LogP contribution in [0.5, 0.6) is 0 Å². The summed E-state index contributed by atoms with van der Waals surface area (Å²) in [5.41, 5.74) is 5.60. The summed E-state index contributed by atoms with van der Waals surface area (Å²) in [5.74, 6) is 0.0773. The Balaban J connectivity index is 3.82.